The zero-order valence-corrected chi connectivity index (χ0v) is 17.4. The molecular formula is C21H28N2O3S. The first-order chi connectivity index (χ1) is 12.6. The summed E-state index contributed by atoms with van der Waals surface area (Å²) in [7, 11) is -3.58. The van der Waals surface area contributed by atoms with Gasteiger partial charge in [0.25, 0.3) is 0 Å². The highest BCUT2D eigenvalue weighted by Gasteiger charge is 2.22. The molecule has 0 radical (unpaired) electrons. The third-order valence-electron chi connectivity index (χ3n) is 4.45. The number of sulfonamides is 1. The van der Waals surface area contributed by atoms with Crippen molar-refractivity contribution < 1.29 is 13.2 Å². The van der Waals surface area contributed by atoms with Crippen LogP contribution in [0.4, 0.5) is 5.69 Å². The van der Waals surface area contributed by atoms with Gasteiger partial charge in [-0.1, -0.05) is 37.3 Å². The highest BCUT2D eigenvalue weighted by Crippen LogP contribution is 2.21. The summed E-state index contributed by atoms with van der Waals surface area (Å²) in [6, 6.07) is 13.4. The highest BCUT2D eigenvalue weighted by molar-refractivity contribution is 7.92. The topological polar surface area (TPSA) is 66.5 Å². The fourth-order valence-corrected chi connectivity index (χ4v) is 3.88. The number of carbonyl (C=O) groups is 1. The van der Waals surface area contributed by atoms with E-state index in [0.717, 1.165) is 33.7 Å². The second-order valence-electron chi connectivity index (χ2n) is 7.00. The van der Waals surface area contributed by atoms with Gasteiger partial charge in [0.2, 0.25) is 15.9 Å². The lowest BCUT2D eigenvalue weighted by Crippen LogP contribution is -2.41. The van der Waals surface area contributed by atoms with Gasteiger partial charge in [0.1, 0.15) is 6.54 Å². The maximum atomic E-state index is 12.5. The number of aryl methyl sites for hydroxylation is 3. The highest BCUT2D eigenvalue weighted by atomic mass is 32.2. The summed E-state index contributed by atoms with van der Waals surface area (Å²) in [5.74, 6) is -0.341. The Hall–Kier alpha value is -2.34. The van der Waals surface area contributed by atoms with E-state index in [4.69, 9.17) is 0 Å². The van der Waals surface area contributed by atoms with E-state index < -0.39 is 10.0 Å². The molecule has 0 fully saturated rings. The Kier molecular flexibility index (Phi) is 6.65. The molecule has 0 aromatic heterocycles. The number of benzene rings is 2. The van der Waals surface area contributed by atoms with E-state index in [-0.39, 0.29) is 18.5 Å². The first-order valence-corrected chi connectivity index (χ1v) is 10.9. The summed E-state index contributed by atoms with van der Waals surface area (Å²) >= 11 is 0. The second kappa shape index (κ2) is 8.57. The van der Waals surface area contributed by atoms with Crippen LogP contribution in [0.15, 0.2) is 42.5 Å². The van der Waals surface area contributed by atoms with Crippen LogP contribution in [0, 0.1) is 13.8 Å². The Morgan fingerprint density at radius 1 is 1.07 bits per heavy atom. The fraction of sp³-hybridized carbons (Fsp3) is 0.381. The van der Waals surface area contributed by atoms with Crippen LogP contribution in [-0.4, -0.2) is 27.1 Å². The molecule has 6 heteroatoms. The number of anilines is 1. The van der Waals surface area contributed by atoms with Crippen molar-refractivity contribution in [3.05, 3.63) is 64.7 Å². The van der Waals surface area contributed by atoms with Gasteiger partial charge in [0.15, 0.2) is 0 Å². The summed E-state index contributed by atoms with van der Waals surface area (Å²) < 4.78 is 25.7. The van der Waals surface area contributed by atoms with Crippen LogP contribution in [0.1, 0.15) is 42.1 Å². The maximum absolute atomic E-state index is 12.5. The first kappa shape index (κ1) is 21.0. The molecule has 5 nitrogen and oxygen atoms in total. The lowest BCUT2D eigenvalue weighted by atomic mass is 10.1. The minimum atomic E-state index is -3.58. The van der Waals surface area contributed by atoms with Crippen molar-refractivity contribution in [1.82, 2.24) is 5.32 Å². The third-order valence-corrected chi connectivity index (χ3v) is 5.59. The molecule has 0 saturated carbocycles. The van der Waals surface area contributed by atoms with Crippen LogP contribution in [-0.2, 0) is 21.2 Å². The number of hydrogen-bond donors (Lipinski definition) is 1. The number of nitrogens with one attached hydrogen (secondary N) is 1. The molecule has 146 valence electrons. The molecule has 0 aliphatic rings. The number of nitrogens with zero attached hydrogens (tertiary/aromatic N) is 1. The smallest absolute Gasteiger partial charge is 0.241 e. The van der Waals surface area contributed by atoms with E-state index in [1.165, 1.54) is 5.56 Å². The summed E-state index contributed by atoms with van der Waals surface area (Å²) in [6.07, 6.45) is 2.07. The molecular weight excluding hydrogens is 360 g/mol. The van der Waals surface area contributed by atoms with Crippen molar-refractivity contribution in [3.8, 4) is 0 Å². The van der Waals surface area contributed by atoms with E-state index >= 15 is 0 Å². The average molecular weight is 389 g/mol. The first-order valence-electron chi connectivity index (χ1n) is 9.04. The van der Waals surface area contributed by atoms with Crippen LogP contribution in [0.3, 0.4) is 0 Å². The molecule has 27 heavy (non-hydrogen) atoms. The van der Waals surface area contributed by atoms with Gasteiger partial charge in [-0.05, 0) is 61.6 Å². The Morgan fingerprint density at radius 2 is 1.63 bits per heavy atom. The van der Waals surface area contributed by atoms with E-state index in [0.29, 0.717) is 5.69 Å². The molecule has 0 saturated heterocycles. The fourth-order valence-electron chi connectivity index (χ4n) is 3.04. The lowest BCUT2D eigenvalue weighted by molar-refractivity contribution is -0.120. The molecule has 1 unspecified atom stereocenters. The lowest BCUT2D eigenvalue weighted by Gasteiger charge is -2.24. The molecule has 2 aromatic rings. The molecule has 2 aromatic carbocycles. The monoisotopic (exact) mass is 388 g/mol. The van der Waals surface area contributed by atoms with Crippen molar-refractivity contribution in [2.45, 2.75) is 40.2 Å². The van der Waals surface area contributed by atoms with E-state index in [1.54, 1.807) is 12.1 Å². The van der Waals surface area contributed by atoms with Crippen LogP contribution in [0.2, 0.25) is 0 Å². The Balaban J connectivity index is 2.16. The molecule has 0 aliphatic carbocycles. The van der Waals surface area contributed by atoms with Crippen LogP contribution >= 0.6 is 0 Å². The van der Waals surface area contributed by atoms with Gasteiger partial charge in [-0.15, -0.1) is 0 Å². The van der Waals surface area contributed by atoms with Crippen LogP contribution in [0.25, 0.3) is 0 Å². The van der Waals surface area contributed by atoms with Gasteiger partial charge < -0.3 is 5.32 Å². The van der Waals surface area contributed by atoms with Crippen LogP contribution < -0.4 is 9.62 Å². The summed E-state index contributed by atoms with van der Waals surface area (Å²) in [4.78, 5) is 12.5. The maximum Gasteiger partial charge on any atom is 0.241 e. The molecule has 2 rings (SSSR count). The number of amides is 1. The van der Waals surface area contributed by atoms with Crippen molar-refractivity contribution in [3.63, 3.8) is 0 Å². The average Bonchev–Trinajstić information content (AvgIpc) is 2.57. The molecule has 0 bridgehead atoms. The van der Waals surface area contributed by atoms with Gasteiger partial charge in [-0.2, -0.15) is 0 Å². The van der Waals surface area contributed by atoms with Crippen molar-refractivity contribution in [2.75, 3.05) is 17.1 Å². The Bertz CT molecular complexity index is 885. The zero-order valence-electron chi connectivity index (χ0n) is 16.6. The standard InChI is InChI=1S/C21H28N2O3S/c1-6-18-7-9-19(10-8-18)17(4)22-21(24)14-23(27(5,25)26)20-12-15(2)11-16(3)13-20/h7-13,17H,6,14H2,1-5H3,(H,22,24). The quantitative estimate of drug-likeness (QED) is 0.789. The van der Waals surface area contributed by atoms with Crippen molar-refractivity contribution in [1.29, 1.82) is 0 Å². The van der Waals surface area contributed by atoms with Gasteiger partial charge in [0, 0.05) is 0 Å². The van der Waals surface area contributed by atoms with E-state index in [1.807, 2.05) is 51.1 Å². The Labute approximate surface area is 162 Å². The number of hydrogen-bond acceptors (Lipinski definition) is 3. The number of carbonyl (C=O) groups excluding carboxylic acids is 1. The minimum Gasteiger partial charge on any atom is -0.348 e. The second-order valence-corrected chi connectivity index (χ2v) is 8.91. The van der Waals surface area contributed by atoms with Crippen molar-refractivity contribution in [2.24, 2.45) is 0 Å². The molecule has 0 heterocycles. The third kappa shape index (κ3) is 5.82. The molecule has 1 N–H and O–H groups in total. The van der Waals surface area contributed by atoms with Gasteiger partial charge in [-0.3, -0.25) is 9.10 Å². The predicted octanol–water partition coefficient (Wildman–Crippen LogP) is 3.51. The van der Waals surface area contributed by atoms with Gasteiger partial charge in [-0.25, -0.2) is 8.42 Å². The van der Waals surface area contributed by atoms with Gasteiger partial charge in [0.05, 0.1) is 18.0 Å². The zero-order chi connectivity index (χ0) is 20.2. The molecule has 1 amide bonds. The normalized spacial score (nSPS) is 12.5. The van der Waals surface area contributed by atoms with Crippen molar-refractivity contribution >= 4 is 21.6 Å². The van der Waals surface area contributed by atoms with Gasteiger partial charge >= 0.3 is 0 Å². The molecule has 0 aliphatic heterocycles. The minimum absolute atomic E-state index is 0.205. The SMILES string of the molecule is CCc1ccc(C(C)NC(=O)CN(c2cc(C)cc(C)c2)S(C)(=O)=O)cc1. The van der Waals surface area contributed by atoms with E-state index in [9.17, 15) is 13.2 Å². The molecule has 1 atom stereocenters. The Morgan fingerprint density at radius 3 is 2.11 bits per heavy atom. The van der Waals surface area contributed by atoms with E-state index in [2.05, 4.69) is 12.2 Å². The summed E-state index contributed by atoms with van der Waals surface area (Å²) in [6.45, 7) is 7.53. The predicted molar refractivity (Wildman–Crippen MR) is 110 cm³/mol. The summed E-state index contributed by atoms with van der Waals surface area (Å²) in [5, 5.41) is 2.89. The largest absolute Gasteiger partial charge is 0.348 e. The number of rotatable bonds is 7. The molecule has 0 spiro atoms. The van der Waals surface area contributed by atoms with Crippen LogP contribution in [0.5, 0.6) is 0 Å². The summed E-state index contributed by atoms with van der Waals surface area (Å²) in [5.41, 5.74) is 4.62.